The van der Waals surface area contributed by atoms with Crippen molar-refractivity contribution in [1.82, 2.24) is 15.1 Å². The lowest BCUT2D eigenvalue weighted by molar-refractivity contribution is -0.145. The Morgan fingerprint density at radius 3 is 1.44 bits per heavy atom. The molecular formula is C55H109N3O3. The zero-order valence-corrected chi connectivity index (χ0v) is 42.2. The Hall–Kier alpha value is -1.14. The van der Waals surface area contributed by atoms with Gasteiger partial charge in [-0.3, -0.25) is 14.5 Å². The molecule has 0 aliphatic heterocycles. The fourth-order valence-corrected chi connectivity index (χ4v) is 9.96. The van der Waals surface area contributed by atoms with Crippen molar-refractivity contribution in [2.45, 2.75) is 285 Å². The minimum Gasteiger partial charge on any atom is -0.466 e. The number of rotatable bonds is 45. The molecule has 0 spiro atoms. The second-order valence-electron chi connectivity index (χ2n) is 19.8. The molecule has 1 saturated carbocycles. The van der Waals surface area contributed by atoms with Crippen molar-refractivity contribution in [3.63, 3.8) is 0 Å². The van der Waals surface area contributed by atoms with Crippen LogP contribution in [-0.4, -0.2) is 73.6 Å². The van der Waals surface area contributed by atoms with Crippen molar-refractivity contribution < 1.29 is 14.3 Å². The zero-order valence-electron chi connectivity index (χ0n) is 42.2. The third kappa shape index (κ3) is 35.8. The van der Waals surface area contributed by atoms with Gasteiger partial charge in [-0.2, -0.15) is 0 Å². The molecule has 0 heterocycles. The predicted molar refractivity (Wildman–Crippen MR) is 267 cm³/mol. The van der Waals surface area contributed by atoms with Crippen molar-refractivity contribution in [3.8, 4) is 0 Å². The highest BCUT2D eigenvalue weighted by Crippen LogP contribution is 2.25. The topological polar surface area (TPSA) is 61.9 Å². The Morgan fingerprint density at radius 1 is 0.492 bits per heavy atom. The first-order chi connectivity index (χ1) is 30.0. The summed E-state index contributed by atoms with van der Waals surface area (Å²) in [4.78, 5) is 31.5. The van der Waals surface area contributed by atoms with Crippen molar-refractivity contribution in [3.05, 3.63) is 0 Å². The Kier molecular flexibility index (Phi) is 41.8. The highest BCUT2D eigenvalue weighted by molar-refractivity contribution is 5.76. The van der Waals surface area contributed by atoms with E-state index in [0.29, 0.717) is 24.9 Å². The van der Waals surface area contributed by atoms with Crippen LogP contribution in [0.1, 0.15) is 279 Å². The summed E-state index contributed by atoms with van der Waals surface area (Å²) in [7, 11) is 0. The number of ether oxygens (including phenoxy) is 1. The third-order valence-corrected chi connectivity index (χ3v) is 14.1. The van der Waals surface area contributed by atoms with E-state index in [-0.39, 0.29) is 11.9 Å². The number of esters is 1. The molecule has 1 aliphatic rings. The van der Waals surface area contributed by atoms with Gasteiger partial charge in [-0.25, -0.2) is 0 Å². The number of unbranched alkanes of at least 4 members (excludes halogenated alkanes) is 20. The van der Waals surface area contributed by atoms with E-state index in [0.717, 1.165) is 64.4 Å². The molecule has 2 unspecified atom stereocenters. The standard InChI is InChI=1S/C55H109N3O3/c1-6-11-15-19-21-29-38-51(37-27-17-13-8-3)49-54(59)56-43-33-25-34-44-57(46-47-58(10-5)53-41-31-23-24-32-42-53)45-35-26-36-48-61-55(60)50-52(39-28-18-14-9-4)40-30-22-20-16-12-7-2/h51-53H,6-50H2,1-5H3,(H,56,59). The molecule has 0 radical (unpaired) electrons. The van der Waals surface area contributed by atoms with Crippen molar-refractivity contribution in [1.29, 1.82) is 0 Å². The fraction of sp³-hybridized carbons (Fsp3) is 0.964. The smallest absolute Gasteiger partial charge is 0.306 e. The first-order valence-corrected chi connectivity index (χ1v) is 27.9. The summed E-state index contributed by atoms with van der Waals surface area (Å²) in [6, 6.07) is 0.760. The maximum absolute atomic E-state index is 13.0. The van der Waals surface area contributed by atoms with E-state index in [2.05, 4.69) is 49.7 Å². The van der Waals surface area contributed by atoms with Crippen LogP contribution in [0.3, 0.4) is 0 Å². The number of nitrogens with one attached hydrogen (secondary N) is 1. The summed E-state index contributed by atoms with van der Waals surface area (Å²) >= 11 is 0. The monoisotopic (exact) mass is 860 g/mol. The van der Waals surface area contributed by atoms with Gasteiger partial charge in [0.2, 0.25) is 5.91 Å². The van der Waals surface area contributed by atoms with Crippen LogP contribution in [0.4, 0.5) is 0 Å². The lowest BCUT2D eigenvalue weighted by Crippen LogP contribution is -2.41. The lowest BCUT2D eigenvalue weighted by atomic mass is 9.91. The summed E-state index contributed by atoms with van der Waals surface area (Å²) in [5.41, 5.74) is 0. The number of carbonyl (C=O) groups is 2. The first kappa shape index (κ1) is 57.9. The summed E-state index contributed by atoms with van der Waals surface area (Å²) in [6.07, 6.45) is 47.4. The van der Waals surface area contributed by atoms with Gasteiger partial charge in [0.15, 0.2) is 0 Å². The minimum atomic E-state index is 0.0397. The third-order valence-electron chi connectivity index (χ3n) is 14.1. The van der Waals surface area contributed by atoms with Gasteiger partial charge >= 0.3 is 5.97 Å². The largest absolute Gasteiger partial charge is 0.466 e. The van der Waals surface area contributed by atoms with Gasteiger partial charge < -0.3 is 15.0 Å². The number of carbonyl (C=O) groups excluding carboxylic acids is 2. The van der Waals surface area contributed by atoms with Crippen molar-refractivity contribution >= 4 is 11.9 Å². The van der Waals surface area contributed by atoms with Crippen molar-refractivity contribution in [2.24, 2.45) is 11.8 Å². The molecule has 1 fully saturated rings. The molecule has 0 saturated heterocycles. The molecule has 1 rings (SSSR count). The number of hydrogen-bond acceptors (Lipinski definition) is 5. The van der Waals surface area contributed by atoms with Crippen LogP contribution < -0.4 is 5.32 Å². The van der Waals surface area contributed by atoms with Crippen LogP contribution >= 0.6 is 0 Å². The summed E-state index contributed by atoms with van der Waals surface area (Å²) in [6.45, 7) is 18.6. The Labute approximate surface area is 382 Å². The van der Waals surface area contributed by atoms with E-state index < -0.39 is 0 Å². The van der Waals surface area contributed by atoms with Gasteiger partial charge in [0.05, 0.1) is 6.61 Å². The van der Waals surface area contributed by atoms with Gasteiger partial charge in [0.25, 0.3) is 0 Å². The number of hydrogen-bond donors (Lipinski definition) is 1. The maximum atomic E-state index is 13.0. The second kappa shape index (κ2) is 44.1. The summed E-state index contributed by atoms with van der Waals surface area (Å²) < 4.78 is 5.85. The Morgan fingerprint density at radius 2 is 0.934 bits per heavy atom. The molecule has 0 bridgehead atoms. The average molecular weight is 860 g/mol. The first-order valence-electron chi connectivity index (χ1n) is 27.9. The quantitative estimate of drug-likeness (QED) is 0.0375. The minimum absolute atomic E-state index is 0.0397. The lowest BCUT2D eigenvalue weighted by Gasteiger charge is -2.32. The number of nitrogens with zero attached hydrogens (tertiary/aromatic N) is 2. The molecule has 0 aromatic carbocycles. The SMILES string of the molecule is CCCCCCCCC(CCCCCC)CC(=O)NCCCCCN(CCCCCOC(=O)CC(CCCCCC)CCCCCCCC)CCN(CC)C1CCCCCC1. The highest BCUT2D eigenvalue weighted by Gasteiger charge is 2.20. The van der Waals surface area contributed by atoms with Crippen LogP contribution in [-0.2, 0) is 14.3 Å². The van der Waals surface area contributed by atoms with Crippen LogP contribution in [0, 0.1) is 11.8 Å². The van der Waals surface area contributed by atoms with Gasteiger partial charge in [-0.05, 0) is 102 Å². The van der Waals surface area contributed by atoms with E-state index >= 15 is 0 Å². The van der Waals surface area contributed by atoms with Gasteiger partial charge in [-0.15, -0.1) is 0 Å². The van der Waals surface area contributed by atoms with Gasteiger partial charge in [0.1, 0.15) is 0 Å². The summed E-state index contributed by atoms with van der Waals surface area (Å²) in [5, 5.41) is 3.32. The predicted octanol–water partition coefficient (Wildman–Crippen LogP) is 15.8. The molecule has 1 amide bonds. The fourth-order valence-electron chi connectivity index (χ4n) is 9.96. The van der Waals surface area contributed by atoms with Crippen LogP contribution in [0.25, 0.3) is 0 Å². The number of amides is 1. The van der Waals surface area contributed by atoms with E-state index in [1.807, 2.05) is 0 Å². The molecular weight excluding hydrogens is 751 g/mol. The molecule has 6 nitrogen and oxygen atoms in total. The second-order valence-corrected chi connectivity index (χ2v) is 19.8. The molecule has 1 aliphatic carbocycles. The molecule has 0 aromatic heterocycles. The van der Waals surface area contributed by atoms with Crippen molar-refractivity contribution in [2.75, 3.05) is 45.9 Å². The molecule has 6 heteroatoms. The van der Waals surface area contributed by atoms with Crippen LogP contribution in [0.2, 0.25) is 0 Å². The van der Waals surface area contributed by atoms with Gasteiger partial charge in [-0.1, -0.05) is 195 Å². The van der Waals surface area contributed by atoms with E-state index in [4.69, 9.17) is 4.74 Å². The summed E-state index contributed by atoms with van der Waals surface area (Å²) in [5.74, 6) is 1.38. The van der Waals surface area contributed by atoms with E-state index in [9.17, 15) is 9.59 Å². The molecule has 61 heavy (non-hydrogen) atoms. The van der Waals surface area contributed by atoms with E-state index in [1.54, 1.807) is 0 Å². The normalized spacial score (nSPS) is 14.7. The molecule has 362 valence electrons. The highest BCUT2D eigenvalue weighted by atomic mass is 16.5. The Balaban J connectivity index is 2.53. The molecule has 0 aromatic rings. The van der Waals surface area contributed by atoms with E-state index in [1.165, 1.54) is 218 Å². The average Bonchev–Trinajstić information content (AvgIpc) is 3.55. The van der Waals surface area contributed by atoms with Crippen LogP contribution in [0.15, 0.2) is 0 Å². The molecule has 2 atom stereocenters. The van der Waals surface area contributed by atoms with Gasteiger partial charge in [0, 0.05) is 38.5 Å². The Bertz CT molecular complexity index is 879. The number of likely N-dealkylation sites (N-methyl/N-ethyl adjacent to an activating group) is 1. The molecule has 1 N–H and O–H groups in total. The van der Waals surface area contributed by atoms with Crippen LogP contribution in [0.5, 0.6) is 0 Å². The maximum Gasteiger partial charge on any atom is 0.306 e. The zero-order chi connectivity index (χ0) is 44.3.